The fourth-order valence-corrected chi connectivity index (χ4v) is 4.47. The molecule has 1 aromatic heterocycles. The van der Waals surface area contributed by atoms with Crippen LogP contribution in [0, 0.1) is 0 Å². The zero-order valence-electron chi connectivity index (χ0n) is 17.5. The topological polar surface area (TPSA) is 57.2 Å². The lowest BCUT2D eigenvalue weighted by molar-refractivity contribution is 0.100. The number of fused-ring (bicyclic) bond motifs is 3. The first-order valence-corrected chi connectivity index (χ1v) is 10.7. The normalized spacial score (nSPS) is 11.2. The molecule has 0 aliphatic rings. The molecule has 0 bridgehead atoms. The van der Waals surface area contributed by atoms with Crippen molar-refractivity contribution < 1.29 is 9.53 Å². The van der Waals surface area contributed by atoms with Gasteiger partial charge >= 0.3 is 0 Å². The van der Waals surface area contributed by atoms with Gasteiger partial charge in [0, 0.05) is 26.9 Å². The van der Waals surface area contributed by atoms with Crippen LogP contribution in [0.15, 0.2) is 84.9 Å². The first-order valence-electron chi connectivity index (χ1n) is 10.3. The number of para-hydroxylation sites is 1. The Kier molecular flexibility index (Phi) is 5.08. The highest BCUT2D eigenvalue weighted by Gasteiger charge is 2.18. The molecule has 0 radical (unpaired) electrons. The molecule has 4 nitrogen and oxygen atoms in total. The van der Waals surface area contributed by atoms with Crippen molar-refractivity contribution >= 4 is 39.3 Å². The Morgan fingerprint density at radius 3 is 2.41 bits per heavy atom. The van der Waals surface area contributed by atoms with Crippen LogP contribution in [0.5, 0.6) is 5.75 Å². The third-order valence-electron chi connectivity index (χ3n) is 5.86. The fraction of sp³-hybridized carbons (Fsp3) is 0.0741. The average molecular weight is 441 g/mol. The summed E-state index contributed by atoms with van der Waals surface area (Å²) in [4.78, 5) is 12.2. The number of hydrogen-bond donors (Lipinski definition) is 1. The first kappa shape index (κ1) is 20.2. The van der Waals surface area contributed by atoms with Gasteiger partial charge < -0.3 is 15.0 Å². The van der Waals surface area contributed by atoms with Gasteiger partial charge in [0.25, 0.3) is 0 Å². The predicted molar refractivity (Wildman–Crippen MR) is 131 cm³/mol. The van der Waals surface area contributed by atoms with E-state index in [0.29, 0.717) is 17.1 Å². The van der Waals surface area contributed by atoms with E-state index in [-0.39, 0.29) is 0 Å². The van der Waals surface area contributed by atoms with Crippen molar-refractivity contribution in [1.82, 2.24) is 4.57 Å². The maximum Gasteiger partial charge on any atom is 0.249 e. The lowest BCUT2D eigenvalue weighted by Crippen LogP contribution is -2.11. The van der Waals surface area contributed by atoms with E-state index in [9.17, 15) is 4.79 Å². The average Bonchev–Trinajstić information content (AvgIpc) is 3.13. The van der Waals surface area contributed by atoms with E-state index in [1.807, 2.05) is 54.6 Å². The third-order valence-corrected chi connectivity index (χ3v) is 6.11. The monoisotopic (exact) mass is 440 g/mol. The fourth-order valence-electron chi connectivity index (χ4n) is 4.35. The summed E-state index contributed by atoms with van der Waals surface area (Å²) >= 11 is 6.08. The number of halogens is 1. The Bertz CT molecular complexity index is 1470. The molecule has 5 aromatic rings. The van der Waals surface area contributed by atoms with Crippen molar-refractivity contribution in [2.45, 2.75) is 6.54 Å². The summed E-state index contributed by atoms with van der Waals surface area (Å²) in [6, 6.07) is 27.7. The minimum Gasteiger partial charge on any atom is -0.496 e. The van der Waals surface area contributed by atoms with Gasteiger partial charge in [0.05, 0.1) is 24.7 Å². The molecule has 2 N–H and O–H groups in total. The molecule has 0 aliphatic carbocycles. The van der Waals surface area contributed by atoms with Gasteiger partial charge in [0.1, 0.15) is 5.75 Å². The molecular formula is C27H21ClN2O2. The second-order valence-corrected chi connectivity index (χ2v) is 8.14. The van der Waals surface area contributed by atoms with E-state index < -0.39 is 5.91 Å². The molecule has 0 fully saturated rings. The number of aromatic nitrogens is 1. The lowest BCUT2D eigenvalue weighted by Gasteiger charge is -2.12. The number of benzene rings is 4. The number of nitrogens with two attached hydrogens (primary N) is 1. The maximum atomic E-state index is 12.2. The molecule has 0 saturated heterocycles. The number of methoxy groups -OCH3 is 1. The lowest BCUT2D eigenvalue weighted by atomic mass is 10.0. The van der Waals surface area contributed by atoms with Gasteiger partial charge in [-0.1, -0.05) is 60.1 Å². The molecule has 0 atom stereocenters. The van der Waals surface area contributed by atoms with Crippen LogP contribution >= 0.6 is 11.6 Å². The molecule has 1 heterocycles. The molecule has 4 aromatic carbocycles. The molecule has 0 unspecified atom stereocenters. The third kappa shape index (κ3) is 3.39. The smallest absolute Gasteiger partial charge is 0.249 e. The van der Waals surface area contributed by atoms with Crippen LogP contribution in [0.4, 0.5) is 0 Å². The van der Waals surface area contributed by atoms with Crippen molar-refractivity contribution in [2.75, 3.05) is 7.11 Å². The highest BCUT2D eigenvalue weighted by atomic mass is 35.5. The van der Waals surface area contributed by atoms with Crippen molar-refractivity contribution in [3.8, 4) is 16.9 Å². The summed E-state index contributed by atoms with van der Waals surface area (Å²) in [5, 5.41) is 2.56. The summed E-state index contributed by atoms with van der Waals surface area (Å²) in [6.45, 7) is 0.594. The predicted octanol–water partition coefficient (Wildman–Crippen LogP) is 6.27. The van der Waals surface area contributed by atoms with Crippen LogP contribution in [-0.2, 0) is 6.54 Å². The van der Waals surface area contributed by atoms with Crippen molar-refractivity contribution in [3.05, 3.63) is 101 Å². The van der Waals surface area contributed by atoms with E-state index in [0.717, 1.165) is 44.2 Å². The number of carbonyl (C=O) groups excluding carboxylic acids is 1. The molecule has 0 spiro atoms. The van der Waals surface area contributed by atoms with Crippen molar-refractivity contribution in [3.63, 3.8) is 0 Å². The Balaban J connectivity index is 1.80. The van der Waals surface area contributed by atoms with E-state index in [1.165, 1.54) is 0 Å². The number of ether oxygens (including phenoxy) is 1. The van der Waals surface area contributed by atoms with Gasteiger partial charge in [-0.25, -0.2) is 0 Å². The van der Waals surface area contributed by atoms with E-state index in [1.54, 1.807) is 13.2 Å². The molecule has 1 amide bonds. The van der Waals surface area contributed by atoms with Crippen LogP contribution in [0.3, 0.4) is 0 Å². The van der Waals surface area contributed by atoms with Crippen LogP contribution in [0.25, 0.3) is 32.9 Å². The number of carbonyl (C=O) groups is 1. The Morgan fingerprint density at radius 1 is 0.906 bits per heavy atom. The van der Waals surface area contributed by atoms with Gasteiger partial charge in [-0.2, -0.15) is 0 Å². The summed E-state index contributed by atoms with van der Waals surface area (Å²) in [5.41, 5.74) is 11.4. The summed E-state index contributed by atoms with van der Waals surface area (Å²) in [6.07, 6.45) is 0. The molecule has 0 aliphatic heterocycles. The number of nitrogens with zero attached hydrogens (tertiary/aromatic N) is 1. The van der Waals surface area contributed by atoms with E-state index >= 15 is 0 Å². The number of amides is 1. The summed E-state index contributed by atoms with van der Waals surface area (Å²) in [5.74, 6) is 0.385. The Labute approximate surface area is 190 Å². The second-order valence-electron chi connectivity index (χ2n) is 7.70. The first-order chi connectivity index (χ1) is 15.6. The largest absolute Gasteiger partial charge is 0.496 e. The highest BCUT2D eigenvalue weighted by Crippen LogP contribution is 2.36. The van der Waals surface area contributed by atoms with Gasteiger partial charge in [-0.05, 0) is 47.5 Å². The molecular weight excluding hydrogens is 420 g/mol. The minimum atomic E-state index is -0.436. The van der Waals surface area contributed by atoms with Gasteiger partial charge in [-0.15, -0.1) is 0 Å². The highest BCUT2D eigenvalue weighted by molar-refractivity contribution is 6.30. The summed E-state index contributed by atoms with van der Waals surface area (Å²) in [7, 11) is 1.68. The van der Waals surface area contributed by atoms with Crippen LogP contribution in [-0.4, -0.2) is 17.6 Å². The van der Waals surface area contributed by atoms with Crippen LogP contribution < -0.4 is 10.5 Å². The number of rotatable bonds is 5. The Morgan fingerprint density at radius 2 is 1.66 bits per heavy atom. The van der Waals surface area contributed by atoms with Gasteiger partial charge in [-0.3, -0.25) is 4.79 Å². The van der Waals surface area contributed by atoms with E-state index in [4.69, 9.17) is 22.1 Å². The standard InChI is InChI=1S/C27H21ClN2O2/c1-32-25-8-3-2-5-19(25)16-30-23-7-4-6-22(27(29)31)26(23)21-14-11-18(15-24(21)30)17-9-12-20(28)13-10-17/h2-15H,16H2,1H3,(H2,29,31). The quantitative estimate of drug-likeness (QED) is 0.350. The number of primary amides is 1. The summed E-state index contributed by atoms with van der Waals surface area (Å²) < 4.78 is 7.80. The van der Waals surface area contributed by atoms with Gasteiger partial charge in [0.2, 0.25) is 5.91 Å². The SMILES string of the molecule is COc1ccccc1Cn1c2cc(-c3ccc(Cl)cc3)ccc2c2c(C(N)=O)cccc21. The van der Waals surface area contributed by atoms with E-state index in [2.05, 4.69) is 28.8 Å². The van der Waals surface area contributed by atoms with Crippen molar-refractivity contribution in [2.24, 2.45) is 5.73 Å². The zero-order valence-corrected chi connectivity index (χ0v) is 18.3. The molecule has 5 rings (SSSR count). The molecule has 0 saturated carbocycles. The second kappa shape index (κ2) is 8.06. The van der Waals surface area contributed by atoms with Crippen molar-refractivity contribution in [1.29, 1.82) is 0 Å². The van der Waals surface area contributed by atoms with Gasteiger partial charge in [0.15, 0.2) is 0 Å². The molecule has 5 heteroatoms. The zero-order chi connectivity index (χ0) is 22.2. The Hall–Kier alpha value is -3.76. The maximum absolute atomic E-state index is 12.2. The molecule has 32 heavy (non-hydrogen) atoms. The molecule has 158 valence electrons. The van der Waals surface area contributed by atoms with Crippen LogP contribution in [0.2, 0.25) is 5.02 Å². The van der Waals surface area contributed by atoms with Crippen LogP contribution in [0.1, 0.15) is 15.9 Å². The minimum absolute atomic E-state index is 0.436. The number of hydrogen-bond acceptors (Lipinski definition) is 2.